The summed E-state index contributed by atoms with van der Waals surface area (Å²) in [6, 6.07) is 9.02. The Morgan fingerprint density at radius 2 is 2.04 bits per heavy atom. The second-order valence-electron chi connectivity index (χ2n) is 7.44. The molecule has 2 saturated heterocycles. The summed E-state index contributed by atoms with van der Waals surface area (Å²) >= 11 is 6.35. The molecule has 0 aliphatic carbocycles. The van der Waals surface area contributed by atoms with E-state index in [1.165, 1.54) is 13.3 Å². The third-order valence-electron chi connectivity index (χ3n) is 5.74. The summed E-state index contributed by atoms with van der Waals surface area (Å²) in [5.41, 5.74) is 7.04. The first-order valence-electron chi connectivity index (χ1n) is 9.51. The number of halogens is 1. The smallest absolute Gasteiger partial charge is 0.258 e. The van der Waals surface area contributed by atoms with Crippen LogP contribution in [0.25, 0.3) is 0 Å². The lowest BCUT2D eigenvalue weighted by atomic mass is 9.96. The maximum Gasteiger partial charge on any atom is 0.258 e. The normalized spacial score (nSPS) is 24.1. The van der Waals surface area contributed by atoms with Crippen molar-refractivity contribution in [3.63, 3.8) is 0 Å². The molecule has 148 valence electrons. The Morgan fingerprint density at radius 1 is 1.32 bits per heavy atom. The molecule has 3 N–H and O–H groups in total. The lowest BCUT2D eigenvalue weighted by Gasteiger charge is -2.39. The highest BCUT2D eigenvalue weighted by atomic mass is 35.5. The molecule has 2 fully saturated rings. The van der Waals surface area contributed by atoms with Gasteiger partial charge < -0.3 is 15.8 Å². The molecule has 7 nitrogen and oxygen atoms in total. The van der Waals surface area contributed by atoms with Gasteiger partial charge in [-0.05, 0) is 37.3 Å². The number of carbonyl (C=O) groups excluding carboxylic acids is 1. The quantitative estimate of drug-likeness (QED) is 0.800. The largest absolute Gasteiger partial charge is 0.480 e. The highest BCUT2D eigenvalue weighted by molar-refractivity contribution is 6.31. The number of amides is 1. The highest BCUT2D eigenvalue weighted by Gasteiger charge is 2.41. The zero-order valence-electron chi connectivity index (χ0n) is 15.8. The van der Waals surface area contributed by atoms with Gasteiger partial charge in [-0.2, -0.15) is 4.98 Å². The van der Waals surface area contributed by atoms with Gasteiger partial charge in [0, 0.05) is 35.9 Å². The summed E-state index contributed by atoms with van der Waals surface area (Å²) in [7, 11) is 1.46. The van der Waals surface area contributed by atoms with E-state index in [0.717, 1.165) is 42.8 Å². The van der Waals surface area contributed by atoms with Crippen LogP contribution in [0.5, 0.6) is 5.88 Å². The number of nitrogens with two attached hydrogens (primary N) is 1. The highest BCUT2D eigenvalue weighted by Crippen LogP contribution is 2.37. The molecule has 28 heavy (non-hydrogen) atoms. The fourth-order valence-electron chi connectivity index (χ4n) is 4.43. The fraction of sp³-hybridized carbons (Fsp3) is 0.450. The van der Waals surface area contributed by atoms with Gasteiger partial charge in [0.15, 0.2) is 0 Å². The number of hydrogen-bond donors (Lipinski definition) is 2. The third-order valence-corrected chi connectivity index (χ3v) is 6.11. The number of aromatic nitrogens is 2. The van der Waals surface area contributed by atoms with Gasteiger partial charge in [0.25, 0.3) is 5.91 Å². The van der Waals surface area contributed by atoms with Gasteiger partial charge in [0.1, 0.15) is 5.56 Å². The van der Waals surface area contributed by atoms with Crippen LogP contribution in [0.3, 0.4) is 0 Å². The molecule has 2 unspecified atom stereocenters. The zero-order valence-corrected chi connectivity index (χ0v) is 16.5. The number of ether oxygens (including phenoxy) is 1. The monoisotopic (exact) mass is 401 g/mol. The number of piperidine rings is 1. The molecule has 2 aliphatic rings. The summed E-state index contributed by atoms with van der Waals surface area (Å²) in [4.78, 5) is 23.1. The van der Waals surface area contributed by atoms with Crippen LogP contribution in [0.1, 0.15) is 41.6 Å². The van der Waals surface area contributed by atoms with Crippen LogP contribution < -0.4 is 15.8 Å². The Bertz CT molecular complexity index is 863. The number of benzene rings is 1. The molecule has 2 atom stereocenters. The van der Waals surface area contributed by atoms with Gasteiger partial charge in [0.2, 0.25) is 11.8 Å². The number of methoxy groups -OCH3 is 1. The number of nitrogens with one attached hydrogen (secondary N) is 1. The minimum absolute atomic E-state index is 0.0827. The van der Waals surface area contributed by atoms with Crippen molar-refractivity contribution in [3.8, 4) is 5.88 Å². The molecule has 0 radical (unpaired) electrons. The molecule has 1 amide bonds. The van der Waals surface area contributed by atoms with Crippen molar-refractivity contribution >= 4 is 23.5 Å². The van der Waals surface area contributed by atoms with Gasteiger partial charge in [-0.25, -0.2) is 4.98 Å². The molecule has 1 aromatic carbocycles. The minimum atomic E-state index is -0.221. The van der Waals surface area contributed by atoms with E-state index in [4.69, 9.17) is 22.1 Å². The van der Waals surface area contributed by atoms with E-state index in [0.29, 0.717) is 17.6 Å². The first-order valence-corrected chi connectivity index (χ1v) is 9.89. The molecule has 2 aromatic rings. The number of carbonyl (C=O) groups is 1. The van der Waals surface area contributed by atoms with Crippen molar-refractivity contribution in [3.05, 3.63) is 46.6 Å². The number of hydrogen-bond acceptors (Lipinski definition) is 6. The van der Waals surface area contributed by atoms with Crippen LogP contribution in [-0.4, -0.2) is 46.0 Å². The average molecular weight is 402 g/mol. The van der Waals surface area contributed by atoms with E-state index >= 15 is 0 Å². The number of anilines is 1. The maximum absolute atomic E-state index is 12.7. The van der Waals surface area contributed by atoms with Crippen molar-refractivity contribution < 1.29 is 9.53 Å². The first-order chi connectivity index (χ1) is 13.5. The summed E-state index contributed by atoms with van der Waals surface area (Å²) < 4.78 is 5.17. The average Bonchev–Trinajstić information content (AvgIpc) is 2.91. The second kappa shape index (κ2) is 7.93. The van der Waals surface area contributed by atoms with Gasteiger partial charge in [-0.3, -0.25) is 9.69 Å². The molecule has 0 spiro atoms. The summed E-state index contributed by atoms with van der Waals surface area (Å²) in [5, 5.41) is 3.95. The van der Waals surface area contributed by atoms with E-state index in [9.17, 15) is 4.79 Å². The fourth-order valence-corrected chi connectivity index (χ4v) is 4.62. The topological polar surface area (TPSA) is 93.4 Å². The molecular formula is C20H24ClN5O2. The Labute approximate surface area is 169 Å². The lowest BCUT2D eigenvalue weighted by Crippen LogP contribution is -2.50. The van der Waals surface area contributed by atoms with Gasteiger partial charge >= 0.3 is 0 Å². The molecule has 3 heterocycles. The molecule has 4 rings (SSSR count). The van der Waals surface area contributed by atoms with Crippen LogP contribution >= 0.6 is 11.6 Å². The lowest BCUT2D eigenvalue weighted by molar-refractivity contribution is 0.0824. The molecular weight excluding hydrogens is 378 g/mol. The van der Waals surface area contributed by atoms with Gasteiger partial charge in [-0.15, -0.1) is 0 Å². The van der Waals surface area contributed by atoms with Crippen LogP contribution in [0.15, 0.2) is 30.5 Å². The summed E-state index contributed by atoms with van der Waals surface area (Å²) in [6.07, 6.45) is 5.55. The number of nitrogens with zero attached hydrogens (tertiary/aromatic N) is 3. The van der Waals surface area contributed by atoms with Crippen molar-refractivity contribution in [2.24, 2.45) is 0 Å². The van der Waals surface area contributed by atoms with Crippen molar-refractivity contribution in [1.29, 1.82) is 0 Å². The van der Waals surface area contributed by atoms with Crippen molar-refractivity contribution in [2.45, 2.75) is 50.4 Å². The second-order valence-corrected chi connectivity index (χ2v) is 7.85. The van der Waals surface area contributed by atoms with E-state index in [2.05, 4.69) is 26.3 Å². The first kappa shape index (κ1) is 19.0. The molecule has 0 saturated carbocycles. The number of fused-ring (bicyclic) bond motifs is 2. The SMILES string of the molecule is COc1nc(N)ncc1C(=O)NC1CC2CCC(C1)N2Cc1ccccc1Cl. The molecule has 1 aromatic heterocycles. The minimum Gasteiger partial charge on any atom is -0.480 e. The maximum atomic E-state index is 12.7. The molecule has 2 bridgehead atoms. The summed E-state index contributed by atoms with van der Waals surface area (Å²) in [5.74, 6) is 0.0595. The van der Waals surface area contributed by atoms with Crippen molar-refractivity contribution in [1.82, 2.24) is 20.2 Å². The van der Waals surface area contributed by atoms with Crippen LogP contribution in [0.2, 0.25) is 5.02 Å². The van der Waals surface area contributed by atoms with Crippen LogP contribution in [-0.2, 0) is 6.54 Å². The molecule has 2 aliphatic heterocycles. The van der Waals surface area contributed by atoms with E-state index in [1.807, 2.05) is 18.2 Å². The van der Waals surface area contributed by atoms with Crippen LogP contribution in [0, 0.1) is 0 Å². The van der Waals surface area contributed by atoms with Gasteiger partial charge in [-0.1, -0.05) is 29.8 Å². The standard InChI is InChI=1S/C20H24ClN5O2/c1-28-19-16(10-23-20(22)25-19)18(27)24-13-8-14-6-7-15(9-13)26(14)11-12-4-2-3-5-17(12)21/h2-5,10,13-15H,6-9,11H2,1H3,(H,24,27)(H2,22,23,25). The summed E-state index contributed by atoms with van der Waals surface area (Å²) in [6.45, 7) is 0.856. The van der Waals surface area contributed by atoms with E-state index in [-0.39, 0.29) is 23.8 Å². The van der Waals surface area contributed by atoms with E-state index < -0.39 is 0 Å². The Balaban J connectivity index is 1.42. The Kier molecular flexibility index (Phi) is 5.37. The Morgan fingerprint density at radius 3 is 2.71 bits per heavy atom. The zero-order chi connectivity index (χ0) is 19.7. The van der Waals surface area contributed by atoms with Crippen molar-refractivity contribution in [2.75, 3.05) is 12.8 Å². The predicted octanol–water partition coefficient (Wildman–Crippen LogP) is 2.65. The number of nitrogen functional groups attached to an aromatic ring is 1. The predicted molar refractivity (Wildman–Crippen MR) is 107 cm³/mol. The van der Waals surface area contributed by atoms with Gasteiger partial charge in [0.05, 0.1) is 7.11 Å². The van der Waals surface area contributed by atoms with E-state index in [1.54, 1.807) is 0 Å². The number of rotatable bonds is 5. The third kappa shape index (κ3) is 3.77. The van der Waals surface area contributed by atoms with Crippen LogP contribution in [0.4, 0.5) is 5.95 Å². The Hall–Kier alpha value is -2.38. The molecule has 8 heteroatoms.